The molecule has 0 spiro atoms. The lowest BCUT2D eigenvalue weighted by atomic mass is 10.1. The Labute approximate surface area is 148 Å². The molecule has 7 heteroatoms. The second-order valence-electron chi connectivity index (χ2n) is 6.38. The number of aromatic nitrogens is 4. The van der Waals surface area contributed by atoms with Gasteiger partial charge in [-0.05, 0) is 32.8 Å². The van der Waals surface area contributed by atoms with Crippen LogP contribution in [0.2, 0.25) is 0 Å². The molecular formula is C17H26N6S. The van der Waals surface area contributed by atoms with Crippen LogP contribution in [0.1, 0.15) is 23.9 Å². The van der Waals surface area contributed by atoms with Gasteiger partial charge in [-0.3, -0.25) is 4.68 Å². The maximum atomic E-state index is 4.50. The van der Waals surface area contributed by atoms with Gasteiger partial charge in [0.1, 0.15) is 18.0 Å². The first-order valence-corrected chi connectivity index (χ1v) is 9.60. The van der Waals surface area contributed by atoms with Crippen molar-refractivity contribution >= 4 is 23.4 Å². The Hall–Kier alpha value is -1.76. The van der Waals surface area contributed by atoms with Gasteiger partial charge in [0.15, 0.2) is 0 Å². The van der Waals surface area contributed by atoms with Crippen LogP contribution >= 0.6 is 11.8 Å². The molecule has 0 amide bonds. The number of rotatable bonds is 5. The first kappa shape index (κ1) is 17.1. The van der Waals surface area contributed by atoms with E-state index >= 15 is 0 Å². The minimum Gasteiger partial charge on any atom is -0.367 e. The average Bonchev–Trinajstić information content (AvgIpc) is 2.82. The minimum atomic E-state index is 0.284. The van der Waals surface area contributed by atoms with Crippen LogP contribution in [0.15, 0.2) is 12.4 Å². The van der Waals surface area contributed by atoms with Crippen molar-refractivity contribution in [2.24, 2.45) is 7.05 Å². The highest BCUT2D eigenvalue weighted by molar-refractivity contribution is 7.99. The molecule has 0 bridgehead atoms. The maximum Gasteiger partial charge on any atom is 0.134 e. The molecule has 3 rings (SSSR count). The van der Waals surface area contributed by atoms with E-state index in [2.05, 4.69) is 52.1 Å². The highest BCUT2D eigenvalue weighted by atomic mass is 32.2. The summed E-state index contributed by atoms with van der Waals surface area (Å²) in [7, 11) is 2.00. The standard InChI is InChI=1S/C17H26N6S/c1-12(9-15-13(2)21-22(4)14(15)3)20-16-10-17(19-11-18-16)23-5-7-24-8-6-23/h10-12H,5-9H2,1-4H3,(H,18,19,20). The zero-order chi connectivity index (χ0) is 17.1. The molecule has 0 radical (unpaired) electrons. The van der Waals surface area contributed by atoms with Crippen LogP contribution in [0.5, 0.6) is 0 Å². The molecule has 1 aliphatic rings. The van der Waals surface area contributed by atoms with Gasteiger partial charge >= 0.3 is 0 Å². The number of nitrogens with one attached hydrogen (secondary N) is 1. The molecule has 2 aromatic heterocycles. The van der Waals surface area contributed by atoms with Gasteiger partial charge in [-0.15, -0.1) is 0 Å². The van der Waals surface area contributed by atoms with Crippen LogP contribution in [0.4, 0.5) is 11.6 Å². The van der Waals surface area contributed by atoms with Crippen molar-refractivity contribution in [3.05, 3.63) is 29.3 Å². The second-order valence-corrected chi connectivity index (χ2v) is 7.61. The van der Waals surface area contributed by atoms with E-state index in [4.69, 9.17) is 0 Å². The fraction of sp³-hybridized carbons (Fsp3) is 0.588. The molecule has 0 aliphatic carbocycles. The third-order valence-electron chi connectivity index (χ3n) is 4.55. The van der Waals surface area contributed by atoms with Gasteiger partial charge < -0.3 is 10.2 Å². The molecule has 0 saturated carbocycles. The first-order chi connectivity index (χ1) is 11.5. The van der Waals surface area contributed by atoms with Crippen molar-refractivity contribution in [3.8, 4) is 0 Å². The molecule has 1 aliphatic heterocycles. The van der Waals surface area contributed by atoms with Crippen LogP contribution in [0, 0.1) is 13.8 Å². The summed E-state index contributed by atoms with van der Waals surface area (Å²) in [5.41, 5.74) is 3.66. The van der Waals surface area contributed by atoms with E-state index in [1.54, 1.807) is 6.33 Å². The van der Waals surface area contributed by atoms with Crippen LogP contribution in [0.3, 0.4) is 0 Å². The zero-order valence-electron chi connectivity index (χ0n) is 14.9. The number of hydrogen-bond donors (Lipinski definition) is 1. The average molecular weight is 347 g/mol. The van der Waals surface area contributed by atoms with E-state index in [-0.39, 0.29) is 6.04 Å². The van der Waals surface area contributed by atoms with Crippen molar-refractivity contribution < 1.29 is 0 Å². The fourth-order valence-corrected chi connectivity index (χ4v) is 4.02. The van der Waals surface area contributed by atoms with Gasteiger partial charge in [-0.1, -0.05) is 0 Å². The topological polar surface area (TPSA) is 58.9 Å². The SMILES string of the molecule is Cc1nn(C)c(C)c1CC(C)Nc1cc(N2CCSCC2)ncn1. The summed E-state index contributed by atoms with van der Waals surface area (Å²) >= 11 is 2.01. The Bertz CT molecular complexity index is 692. The van der Waals surface area contributed by atoms with E-state index < -0.39 is 0 Å². The summed E-state index contributed by atoms with van der Waals surface area (Å²) in [5.74, 6) is 4.25. The lowest BCUT2D eigenvalue weighted by molar-refractivity contribution is 0.726. The van der Waals surface area contributed by atoms with Crippen LogP contribution in [-0.4, -0.2) is 50.4 Å². The number of hydrogen-bond acceptors (Lipinski definition) is 6. The molecule has 6 nitrogen and oxygen atoms in total. The van der Waals surface area contributed by atoms with Crippen LogP contribution in [0.25, 0.3) is 0 Å². The van der Waals surface area contributed by atoms with E-state index in [0.29, 0.717) is 0 Å². The van der Waals surface area contributed by atoms with Gasteiger partial charge in [0, 0.05) is 49.4 Å². The maximum absolute atomic E-state index is 4.50. The predicted molar refractivity (Wildman–Crippen MR) is 101 cm³/mol. The highest BCUT2D eigenvalue weighted by Crippen LogP contribution is 2.20. The van der Waals surface area contributed by atoms with Gasteiger partial charge in [-0.2, -0.15) is 16.9 Å². The molecule has 1 saturated heterocycles. The first-order valence-electron chi connectivity index (χ1n) is 8.45. The summed E-state index contributed by atoms with van der Waals surface area (Å²) in [6.07, 6.45) is 2.60. The summed E-state index contributed by atoms with van der Waals surface area (Å²) in [4.78, 5) is 11.2. The lowest BCUT2D eigenvalue weighted by Crippen LogP contribution is -2.33. The van der Waals surface area contributed by atoms with Crippen molar-refractivity contribution in [2.75, 3.05) is 34.8 Å². The molecule has 1 unspecified atom stereocenters. The van der Waals surface area contributed by atoms with E-state index in [1.807, 2.05) is 23.5 Å². The van der Waals surface area contributed by atoms with E-state index in [0.717, 1.165) is 36.8 Å². The highest BCUT2D eigenvalue weighted by Gasteiger charge is 2.15. The van der Waals surface area contributed by atoms with Crippen molar-refractivity contribution in [1.82, 2.24) is 19.7 Å². The molecule has 24 heavy (non-hydrogen) atoms. The summed E-state index contributed by atoms with van der Waals surface area (Å²) in [6, 6.07) is 2.35. The molecule has 130 valence electrons. The monoisotopic (exact) mass is 346 g/mol. The summed E-state index contributed by atoms with van der Waals surface area (Å²) in [5, 5.41) is 8.01. The minimum absolute atomic E-state index is 0.284. The van der Waals surface area contributed by atoms with Gasteiger partial charge in [0.05, 0.1) is 5.69 Å². The quantitative estimate of drug-likeness (QED) is 0.897. The molecule has 3 heterocycles. The molecule has 1 N–H and O–H groups in total. The number of aryl methyl sites for hydroxylation is 2. The summed E-state index contributed by atoms with van der Waals surface area (Å²) in [6.45, 7) is 8.51. The van der Waals surface area contributed by atoms with E-state index in [1.165, 1.54) is 22.8 Å². The Morgan fingerprint density at radius 1 is 1.25 bits per heavy atom. The van der Waals surface area contributed by atoms with Crippen LogP contribution in [-0.2, 0) is 13.5 Å². The Morgan fingerprint density at radius 3 is 2.67 bits per heavy atom. The molecule has 2 aromatic rings. The predicted octanol–water partition coefficient (Wildman–Crippen LogP) is 2.42. The number of thioether (sulfide) groups is 1. The van der Waals surface area contributed by atoms with E-state index in [9.17, 15) is 0 Å². The lowest BCUT2D eigenvalue weighted by Gasteiger charge is -2.27. The normalized spacial score (nSPS) is 16.2. The van der Waals surface area contributed by atoms with Gasteiger partial charge in [0.25, 0.3) is 0 Å². The Balaban J connectivity index is 1.66. The number of anilines is 2. The van der Waals surface area contributed by atoms with Crippen molar-refractivity contribution in [2.45, 2.75) is 33.2 Å². The molecule has 1 atom stereocenters. The fourth-order valence-electron chi connectivity index (χ4n) is 3.11. The Morgan fingerprint density at radius 2 is 2.00 bits per heavy atom. The third kappa shape index (κ3) is 3.83. The third-order valence-corrected chi connectivity index (χ3v) is 5.49. The largest absolute Gasteiger partial charge is 0.367 e. The second kappa shape index (κ2) is 7.42. The van der Waals surface area contributed by atoms with Gasteiger partial charge in [0.2, 0.25) is 0 Å². The summed E-state index contributed by atoms with van der Waals surface area (Å²) < 4.78 is 1.95. The number of nitrogens with zero attached hydrogens (tertiary/aromatic N) is 5. The zero-order valence-corrected chi connectivity index (χ0v) is 15.7. The Kier molecular flexibility index (Phi) is 5.28. The molecule has 0 aromatic carbocycles. The smallest absolute Gasteiger partial charge is 0.134 e. The molecular weight excluding hydrogens is 320 g/mol. The molecule has 1 fully saturated rings. The van der Waals surface area contributed by atoms with Crippen LogP contribution < -0.4 is 10.2 Å². The van der Waals surface area contributed by atoms with Gasteiger partial charge in [-0.25, -0.2) is 9.97 Å². The van der Waals surface area contributed by atoms with Crippen molar-refractivity contribution in [3.63, 3.8) is 0 Å². The van der Waals surface area contributed by atoms with Crippen molar-refractivity contribution in [1.29, 1.82) is 0 Å².